The highest BCUT2D eigenvalue weighted by Gasteiger charge is 2.41. The number of nitrogens with zero attached hydrogens (tertiary/aromatic N) is 1. The molecule has 33 heavy (non-hydrogen) atoms. The van der Waals surface area contributed by atoms with Gasteiger partial charge >= 0.3 is 0 Å². The Morgan fingerprint density at radius 2 is 1.48 bits per heavy atom. The fourth-order valence-corrected chi connectivity index (χ4v) is 6.35. The lowest BCUT2D eigenvalue weighted by Crippen LogP contribution is -2.43. The van der Waals surface area contributed by atoms with Gasteiger partial charge in [0.1, 0.15) is 0 Å². The minimum absolute atomic E-state index is 0.228. The number of carbonyl (C=O) groups excluding carboxylic acids is 2. The van der Waals surface area contributed by atoms with Gasteiger partial charge in [0.05, 0.1) is 20.9 Å². The van der Waals surface area contributed by atoms with Crippen molar-refractivity contribution in [1.29, 1.82) is 0 Å². The molecule has 3 aromatic carbocycles. The number of nitrogens with one attached hydrogen (secondary N) is 1. The van der Waals surface area contributed by atoms with E-state index in [1.165, 1.54) is 4.90 Å². The molecule has 7 heteroatoms. The van der Waals surface area contributed by atoms with Gasteiger partial charge in [-0.05, 0) is 67.3 Å². The molecule has 1 N–H and O–H groups in total. The Hall–Kier alpha value is -3.71. The van der Waals surface area contributed by atoms with Crippen molar-refractivity contribution in [3.63, 3.8) is 0 Å². The summed E-state index contributed by atoms with van der Waals surface area (Å²) in [5, 5.41) is 0.823. The van der Waals surface area contributed by atoms with Gasteiger partial charge in [0.2, 0.25) is 9.84 Å². The summed E-state index contributed by atoms with van der Waals surface area (Å²) >= 11 is 0. The van der Waals surface area contributed by atoms with Crippen LogP contribution >= 0.6 is 0 Å². The van der Waals surface area contributed by atoms with E-state index in [2.05, 4.69) is 4.98 Å². The zero-order valence-corrected chi connectivity index (χ0v) is 18.4. The quantitative estimate of drug-likeness (QED) is 0.469. The summed E-state index contributed by atoms with van der Waals surface area (Å²) in [4.78, 5) is 31.2. The first kappa shape index (κ1) is 19.9. The minimum atomic E-state index is -3.65. The van der Waals surface area contributed by atoms with E-state index < -0.39 is 9.84 Å². The second kappa shape index (κ2) is 7.15. The molecule has 0 fully saturated rings. The molecule has 0 saturated carbocycles. The SMILES string of the molecule is O=C1c2ccccc2C(=O)N1C1CCc2[nH]c3ccc(S(=O)(=O)c4ccccc4)cc3c2C1. The molecule has 1 aliphatic carbocycles. The first-order chi connectivity index (χ1) is 15.9. The third-order valence-corrected chi connectivity index (χ3v) is 8.46. The number of rotatable bonds is 3. The Bertz CT molecular complexity index is 1520. The van der Waals surface area contributed by atoms with Crippen molar-refractivity contribution in [2.75, 3.05) is 0 Å². The molecule has 6 nitrogen and oxygen atoms in total. The molecule has 2 aliphatic rings. The Kier molecular flexibility index (Phi) is 4.32. The number of benzene rings is 3. The molecule has 1 aliphatic heterocycles. The number of carbonyl (C=O) groups is 2. The monoisotopic (exact) mass is 456 g/mol. The molecule has 1 aromatic heterocycles. The van der Waals surface area contributed by atoms with Crippen LogP contribution in [-0.2, 0) is 22.7 Å². The number of hydrogen-bond donors (Lipinski definition) is 1. The van der Waals surface area contributed by atoms with E-state index in [-0.39, 0.29) is 27.6 Å². The van der Waals surface area contributed by atoms with E-state index in [9.17, 15) is 18.0 Å². The maximum absolute atomic E-state index is 13.1. The molecule has 0 radical (unpaired) electrons. The van der Waals surface area contributed by atoms with Gasteiger partial charge in [-0.25, -0.2) is 8.42 Å². The Morgan fingerprint density at radius 3 is 2.18 bits per heavy atom. The smallest absolute Gasteiger partial charge is 0.261 e. The van der Waals surface area contributed by atoms with Crippen LogP contribution in [0.2, 0.25) is 0 Å². The average Bonchev–Trinajstić information content (AvgIpc) is 3.33. The van der Waals surface area contributed by atoms with Crippen molar-refractivity contribution in [2.24, 2.45) is 0 Å². The van der Waals surface area contributed by atoms with Gasteiger partial charge in [-0.1, -0.05) is 30.3 Å². The van der Waals surface area contributed by atoms with Crippen molar-refractivity contribution >= 4 is 32.6 Å². The topological polar surface area (TPSA) is 87.3 Å². The molecule has 4 aromatic rings. The summed E-state index contributed by atoms with van der Waals surface area (Å²) < 4.78 is 26.3. The van der Waals surface area contributed by atoms with Crippen LogP contribution in [-0.4, -0.2) is 36.2 Å². The number of sulfone groups is 1. The highest BCUT2D eigenvalue weighted by Crippen LogP contribution is 2.36. The van der Waals surface area contributed by atoms with Crippen LogP contribution in [0.5, 0.6) is 0 Å². The standard InChI is InChI=1S/C26H20N2O4S/c29-25-19-8-4-5-9-20(19)26(30)28(25)16-10-12-23-21(14-16)22-15-18(11-13-24(22)27-23)33(31,32)17-6-2-1-3-7-17/h1-9,11,13,15-16,27H,10,12,14H2. The van der Waals surface area contributed by atoms with Crippen molar-refractivity contribution in [1.82, 2.24) is 9.88 Å². The molecule has 0 spiro atoms. The van der Waals surface area contributed by atoms with Gasteiger partial charge in [0.25, 0.3) is 11.8 Å². The number of fused-ring (bicyclic) bond motifs is 4. The van der Waals surface area contributed by atoms with Crippen molar-refractivity contribution in [3.8, 4) is 0 Å². The van der Waals surface area contributed by atoms with Gasteiger partial charge in [-0.15, -0.1) is 0 Å². The largest absolute Gasteiger partial charge is 0.358 e. The lowest BCUT2D eigenvalue weighted by atomic mass is 9.90. The summed E-state index contributed by atoms with van der Waals surface area (Å²) in [7, 11) is -3.65. The van der Waals surface area contributed by atoms with E-state index in [1.807, 2.05) is 0 Å². The predicted molar refractivity (Wildman–Crippen MR) is 123 cm³/mol. The third-order valence-electron chi connectivity index (χ3n) is 6.69. The Labute approximate surface area is 190 Å². The van der Waals surface area contributed by atoms with Crippen molar-refractivity contribution in [3.05, 3.63) is 95.2 Å². The van der Waals surface area contributed by atoms with Crippen LogP contribution in [0.1, 0.15) is 38.4 Å². The van der Waals surface area contributed by atoms with Gasteiger partial charge in [-0.2, -0.15) is 0 Å². The maximum atomic E-state index is 13.1. The Balaban J connectivity index is 1.39. The number of hydrogen-bond acceptors (Lipinski definition) is 4. The highest BCUT2D eigenvalue weighted by atomic mass is 32.2. The second-order valence-corrected chi connectivity index (χ2v) is 10.5. The first-order valence-electron chi connectivity index (χ1n) is 10.9. The Morgan fingerprint density at radius 1 is 0.818 bits per heavy atom. The molecular weight excluding hydrogens is 436 g/mol. The zero-order valence-electron chi connectivity index (χ0n) is 17.6. The molecule has 164 valence electrons. The zero-order chi connectivity index (χ0) is 22.7. The molecular formula is C26H20N2O4S. The molecule has 0 saturated heterocycles. The lowest BCUT2D eigenvalue weighted by Gasteiger charge is -2.29. The number of amides is 2. The summed E-state index contributed by atoms with van der Waals surface area (Å²) in [6, 6.07) is 20.1. The number of aromatic nitrogens is 1. The van der Waals surface area contributed by atoms with E-state index in [4.69, 9.17) is 0 Å². The lowest BCUT2D eigenvalue weighted by molar-refractivity contribution is 0.0571. The van der Waals surface area contributed by atoms with Crippen LogP contribution in [0, 0.1) is 0 Å². The molecule has 2 amide bonds. The van der Waals surface area contributed by atoms with Crippen LogP contribution in [0.3, 0.4) is 0 Å². The predicted octanol–water partition coefficient (Wildman–Crippen LogP) is 4.15. The average molecular weight is 457 g/mol. The van der Waals surface area contributed by atoms with E-state index >= 15 is 0 Å². The van der Waals surface area contributed by atoms with E-state index in [1.54, 1.807) is 72.8 Å². The first-order valence-corrected chi connectivity index (χ1v) is 12.3. The van der Waals surface area contributed by atoms with E-state index in [0.717, 1.165) is 22.2 Å². The molecule has 2 heterocycles. The fraction of sp³-hybridized carbons (Fsp3) is 0.154. The highest BCUT2D eigenvalue weighted by molar-refractivity contribution is 7.91. The number of H-pyrrole nitrogens is 1. The van der Waals surface area contributed by atoms with Crippen LogP contribution in [0.15, 0.2) is 82.6 Å². The summed E-state index contributed by atoms with van der Waals surface area (Å²) in [6.45, 7) is 0. The van der Waals surface area contributed by atoms with Gasteiger partial charge in [0, 0.05) is 22.6 Å². The fourth-order valence-electron chi connectivity index (χ4n) is 5.04. The van der Waals surface area contributed by atoms with Crippen LogP contribution < -0.4 is 0 Å². The van der Waals surface area contributed by atoms with Gasteiger partial charge in [0.15, 0.2) is 0 Å². The molecule has 1 atom stereocenters. The van der Waals surface area contributed by atoms with E-state index in [0.29, 0.717) is 30.4 Å². The molecule has 1 unspecified atom stereocenters. The second-order valence-electron chi connectivity index (χ2n) is 8.53. The molecule has 6 rings (SSSR count). The number of imide groups is 1. The van der Waals surface area contributed by atoms with Gasteiger partial charge in [-0.3, -0.25) is 14.5 Å². The van der Waals surface area contributed by atoms with Crippen LogP contribution in [0.25, 0.3) is 10.9 Å². The summed E-state index contributed by atoms with van der Waals surface area (Å²) in [6.07, 6.45) is 1.85. The van der Waals surface area contributed by atoms with Crippen molar-refractivity contribution in [2.45, 2.75) is 35.1 Å². The normalized spacial score (nSPS) is 17.9. The maximum Gasteiger partial charge on any atom is 0.261 e. The van der Waals surface area contributed by atoms with Crippen LogP contribution in [0.4, 0.5) is 0 Å². The van der Waals surface area contributed by atoms with Crippen molar-refractivity contribution < 1.29 is 18.0 Å². The summed E-state index contributed by atoms with van der Waals surface area (Å²) in [5.74, 6) is -0.507. The minimum Gasteiger partial charge on any atom is -0.358 e. The third kappa shape index (κ3) is 2.96. The summed E-state index contributed by atoms with van der Waals surface area (Å²) in [5.41, 5.74) is 3.76. The molecule has 0 bridgehead atoms. The number of aryl methyl sites for hydroxylation is 1. The number of aromatic amines is 1. The van der Waals surface area contributed by atoms with Gasteiger partial charge < -0.3 is 4.98 Å².